The summed E-state index contributed by atoms with van der Waals surface area (Å²) in [6, 6.07) is 6.69. The summed E-state index contributed by atoms with van der Waals surface area (Å²) >= 11 is 0. The Balaban J connectivity index is 2.19. The van der Waals surface area contributed by atoms with Crippen molar-refractivity contribution < 1.29 is 19.4 Å². The fourth-order valence-corrected chi connectivity index (χ4v) is 2.67. The zero-order valence-electron chi connectivity index (χ0n) is 13.3. The molecule has 1 aromatic rings. The molecule has 1 aliphatic rings. The summed E-state index contributed by atoms with van der Waals surface area (Å²) in [5.74, 6) is -0.945. The Morgan fingerprint density at radius 3 is 2.36 bits per heavy atom. The Labute approximate surface area is 130 Å². The molecule has 120 valence electrons. The molecule has 22 heavy (non-hydrogen) atoms. The van der Waals surface area contributed by atoms with Crippen LogP contribution in [-0.2, 0) is 4.74 Å². The van der Waals surface area contributed by atoms with Crippen LogP contribution in [0.1, 0.15) is 62.0 Å². The number of likely N-dealkylation sites (tertiary alicyclic amines) is 1. The van der Waals surface area contributed by atoms with Crippen molar-refractivity contribution in [2.24, 2.45) is 0 Å². The molecule has 5 nitrogen and oxygen atoms in total. The van der Waals surface area contributed by atoms with Gasteiger partial charge in [-0.2, -0.15) is 0 Å². The number of carboxylic acids is 1. The normalized spacial score (nSPS) is 18.9. The summed E-state index contributed by atoms with van der Waals surface area (Å²) in [5.41, 5.74) is 0.686. The molecule has 0 aromatic heterocycles. The topological polar surface area (TPSA) is 66.8 Å². The van der Waals surface area contributed by atoms with Crippen molar-refractivity contribution >= 4 is 12.1 Å². The zero-order chi connectivity index (χ0) is 16.3. The fraction of sp³-hybridized carbons (Fsp3) is 0.529. The van der Waals surface area contributed by atoms with E-state index in [1.54, 1.807) is 29.2 Å². The number of carbonyl (C=O) groups is 2. The van der Waals surface area contributed by atoms with Gasteiger partial charge in [-0.05, 0) is 57.7 Å². The summed E-state index contributed by atoms with van der Waals surface area (Å²) in [4.78, 5) is 25.1. The Kier molecular flexibility index (Phi) is 4.74. The molecular weight excluding hydrogens is 282 g/mol. The van der Waals surface area contributed by atoms with Crippen molar-refractivity contribution in [3.8, 4) is 0 Å². The van der Waals surface area contributed by atoms with Crippen LogP contribution in [0.5, 0.6) is 0 Å². The van der Waals surface area contributed by atoms with Crippen molar-refractivity contribution in [1.82, 2.24) is 4.90 Å². The molecule has 0 aliphatic carbocycles. The average Bonchev–Trinajstić information content (AvgIpc) is 2.45. The lowest BCUT2D eigenvalue weighted by Crippen LogP contribution is -2.41. The standard InChI is InChI=1S/C17H23NO4/c1-17(2,3)22-16(21)18-11-5-4-6-14(18)12-7-9-13(10-8-12)15(19)20/h7-10,14H,4-6,11H2,1-3H3,(H,19,20)/t14-/m1/s1. The maximum Gasteiger partial charge on any atom is 0.410 e. The van der Waals surface area contributed by atoms with Crippen molar-refractivity contribution in [2.75, 3.05) is 6.54 Å². The molecule has 1 aromatic carbocycles. The van der Waals surface area contributed by atoms with Crippen LogP contribution in [0.3, 0.4) is 0 Å². The molecule has 5 heteroatoms. The molecule has 0 radical (unpaired) electrons. The third-order valence-electron chi connectivity index (χ3n) is 3.67. The van der Waals surface area contributed by atoms with E-state index in [1.165, 1.54) is 0 Å². The first-order chi connectivity index (χ1) is 10.3. The SMILES string of the molecule is CC(C)(C)OC(=O)N1CCCC[C@@H]1c1ccc(C(=O)O)cc1. The number of ether oxygens (including phenoxy) is 1. The van der Waals surface area contributed by atoms with Crippen LogP contribution >= 0.6 is 0 Å². The third kappa shape index (κ3) is 4.00. The van der Waals surface area contributed by atoms with Gasteiger partial charge in [-0.25, -0.2) is 9.59 Å². The number of hydrogen-bond donors (Lipinski definition) is 1. The minimum absolute atomic E-state index is 0.0496. The highest BCUT2D eigenvalue weighted by Gasteiger charge is 2.31. The lowest BCUT2D eigenvalue weighted by molar-refractivity contribution is 0.00948. The number of benzene rings is 1. The first-order valence-corrected chi connectivity index (χ1v) is 7.61. The number of amides is 1. The molecular formula is C17H23NO4. The Bertz CT molecular complexity index is 545. The monoisotopic (exact) mass is 305 g/mol. The Morgan fingerprint density at radius 1 is 1.18 bits per heavy atom. The van der Waals surface area contributed by atoms with E-state index < -0.39 is 11.6 Å². The first-order valence-electron chi connectivity index (χ1n) is 7.61. The molecule has 1 aliphatic heterocycles. The van der Waals surface area contributed by atoms with E-state index in [4.69, 9.17) is 9.84 Å². The van der Waals surface area contributed by atoms with Crippen molar-refractivity contribution in [1.29, 1.82) is 0 Å². The van der Waals surface area contributed by atoms with E-state index in [0.717, 1.165) is 24.8 Å². The highest BCUT2D eigenvalue weighted by Crippen LogP contribution is 2.32. The van der Waals surface area contributed by atoms with Gasteiger partial charge in [0.25, 0.3) is 0 Å². The second-order valence-corrected chi connectivity index (χ2v) is 6.61. The van der Waals surface area contributed by atoms with Crippen LogP contribution < -0.4 is 0 Å². The first kappa shape index (κ1) is 16.3. The van der Waals surface area contributed by atoms with Gasteiger partial charge in [-0.1, -0.05) is 12.1 Å². The highest BCUT2D eigenvalue weighted by atomic mass is 16.6. The van der Waals surface area contributed by atoms with Gasteiger partial charge < -0.3 is 14.7 Å². The van der Waals surface area contributed by atoms with Gasteiger partial charge in [0.1, 0.15) is 5.60 Å². The highest BCUT2D eigenvalue weighted by molar-refractivity contribution is 5.87. The Morgan fingerprint density at radius 2 is 1.82 bits per heavy atom. The van der Waals surface area contributed by atoms with Crippen LogP contribution in [0.25, 0.3) is 0 Å². The summed E-state index contributed by atoms with van der Waals surface area (Å²) < 4.78 is 5.48. The number of aromatic carboxylic acids is 1. The van der Waals surface area contributed by atoms with Gasteiger partial charge in [0.05, 0.1) is 11.6 Å². The van der Waals surface area contributed by atoms with E-state index in [2.05, 4.69) is 0 Å². The van der Waals surface area contributed by atoms with Gasteiger partial charge in [0.15, 0.2) is 0 Å². The zero-order valence-corrected chi connectivity index (χ0v) is 13.3. The van der Waals surface area contributed by atoms with E-state index in [9.17, 15) is 9.59 Å². The maximum atomic E-state index is 12.4. The number of hydrogen-bond acceptors (Lipinski definition) is 3. The van der Waals surface area contributed by atoms with Gasteiger partial charge >= 0.3 is 12.1 Å². The molecule has 0 unspecified atom stereocenters. The van der Waals surface area contributed by atoms with Crippen LogP contribution in [0.4, 0.5) is 4.79 Å². The molecule has 1 amide bonds. The number of rotatable bonds is 2. The predicted molar refractivity (Wildman–Crippen MR) is 82.9 cm³/mol. The van der Waals surface area contributed by atoms with Crippen LogP contribution in [0.15, 0.2) is 24.3 Å². The molecule has 2 rings (SSSR count). The van der Waals surface area contributed by atoms with Crippen LogP contribution in [0, 0.1) is 0 Å². The van der Waals surface area contributed by atoms with Crippen LogP contribution in [-0.4, -0.2) is 34.2 Å². The second kappa shape index (κ2) is 6.38. The molecule has 1 heterocycles. The number of nitrogens with zero attached hydrogens (tertiary/aromatic N) is 1. The van der Waals surface area contributed by atoms with Crippen molar-refractivity contribution in [3.63, 3.8) is 0 Å². The molecule has 1 N–H and O–H groups in total. The average molecular weight is 305 g/mol. The fourth-order valence-electron chi connectivity index (χ4n) is 2.67. The molecule has 0 saturated carbocycles. The van der Waals surface area contributed by atoms with E-state index in [1.807, 2.05) is 20.8 Å². The van der Waals surface area contributed by atoms with Gasteiger partial charge in [0, 0.05) is 6.54 Å². The Hall–Kier alpha value is -2.04. The number of piperidine rings is 1. The van der Waals surface area contributed by atoms with E-state index in [-0.39, 0.29) is 17.7 Å². The molecule has 0 bridgehead atoms. The molecule has 1 saturated heterocycles. The minimum Gasteiger partial charge on any atom is -0.478 e. The summed E-state index contributed by atoms with van der Waals surface area (Å²) in [6.07, 6.45) is 2.57. The third-order valence-corrected chi connectivity index (χ3v) is 3.67. The van der Waals surface area contributed by atoms with E-state index in [0.29, 0.717) is 6.54 Å². The minimum atomic E-state index is -0.945. The van der Waals surface area contributed by atoms with Crippen molar-refractivity contribution in [2.45, 2.75) is 51.7 Å². The molecule has 1 fully saturated rings. The summed E-state index contributed by atoms with van der Waals surface area (Å²) in [5, 5.41) is 8.97. The van der Waals surface area contributed by atoms with Crippen LogP contribution in [0.2, 0.25) is 0 Å². The maximum absolute atomic E-state index is 12.4. The lowest BCUT2D eigenvalue weighted by Gasteiger charge is -2.37. The predicted octanol–water partition coefficient (Wildman–Crippen LogP) is 3.85. The van der Waals surface area contributed by atoms with Gasteiger partial charge in [0.2, 0.25) is 0 Å². The lowest BCUT2D eigenvalue weighted by atomic mass is 9.95. The summed E-state index contributed by atoms with van der Waals surface area (Å²) in [7, 11) is 0. The number of carbonyl (C=O) groups excluding carboxylic acids is 1. The summed E-state index contributed by atoms with van der Waals surface area (Å²) in [6.45, 7) is 6.22. The number of carboxylic acid groups (broad SMARTS) is 1. The second-order valence-electron chi connectivity index (χ2n) is 6.61. The molecule has 1 atom stereocenters. The quantitative estimate of drug-likeness (QED) is 0.901. The smallest absolute Gasteiger partial charge is 0.410 e. The van der Waals surface area contributed by atoms with Crippen molar-refractivity contribution in [3.05, 3.63) is 35.4 Å². The molecule has 0 spiro atoms. The largest absolute Gasteiger partial charge is 0.478 e. The van der Waals surface area contributed by atoms with Gasteiger partial charge in [-0.15, -0.1) is 0 Å². The van der Waals surface area contributed by atoms with E-state index >= 15 is 0 Å². The van der Waals surface area contributed by atoms with Gasteiger partial charge in [-0.3, -0.25) is 0 Å².